The minimum Gasteiger partial charge on any atom is -0.370 e. The van der Waals surface area contributed by atoms with Gasteiger partial charge in [0.05, 0.1) is 6.04 Å². The summed E-state index contributed by atoms with van der Waals surface area (Å²) in [5.74, 6) is 0.880. The molecule has 3 rings (SSSR count). The molecule has 1 aromatic carbocycles. The highest BCUT2D eigenvalue weighted by atomic mass is 16.2. The minimum atomic E-state index is 0.0896. The Morgan fingerprint density at radius 2 is 2.00 bits per heavy atom. The van der Waals surface area contributed by atoms with Gasteiger partial charge >= 0.3 is 0 Å². The van der Waals surface area contributed by atoms with Crippen molar-refractivity contribution in [1.82, 2.24) is 10.2 Å². The Kier molecular flexibility index (Phi) is 4.84. The molecule has 1 aliphatic heterocycles. The second-order valence-corrected chi connectivity index (χ2v) is 6.68. The summed E-state index contributed by atoms with van der Waals surface area (Å²) in [6.07, 6.45) is 5.42. The number of carbonyl (C=O) groups excluding carboxylic acids is 1. The second kappa shape index (κ2) is 7.02. The predicted molar refractivity (Wildman–Crippen MR) is 91.9 cm³/mol. The molecule has 0 spiro atoms. The van der Waals surface area contributed by atoms with Crippen molar-refractivity contribution in [2.75, 3.05) is 13.6 Å². The lowest BCUT2D eigenvalue weighted by Gasteiger charge is -2.24. The molecule has 1 amide bonds. The largest absolute Gasteiger partial charge is 0.370 e. The SMILES string of the molecule is CN1C(=O)C[C@@H](CN=C(N)NC2CCCC2)[C@@H]1c1ccccc1. The molecule has 124 valence electrons. The number of nitrogens with one attached hydrogen (secondary N) is 1. The van der Waals surface area contributed by atoms with E-state index in [1.807, 2.05) is 30.1 Å². The normalized spacial score (nSPS) is 26.0. The van der Waals surface area contributed by atoms with Crippen LogP contribution in [-0.2, 0) is 4.79 Å². The number of carbonyl (C=O) groups is 1. The molecule has 1 aromatic rings. The van der Waals surface area contributed by atoms with Crippen molar-refractivity contribution in [2.24, 2.45) is 16.6 Å². The number of likely N-dealkylation sites (tertiary alicyclic amines) is 1. The summed E-state index contributed by atoms with van der Waals surface area (Å²) in [6.45, 7) is 0.585. The van der Waals surface area contributed by atoms with Crippen LogP contribution in [0, 0.1) is 5.92 Å². The van der Waals surface area contributed by atoms with Crippen LogP contribution in [0.25, 0.3) is 0 Å². The van der Waals surface area contributed by atoms with Gasteiger partial charge in [-0.2, -0.15) is 0 Å². The van der Waals surface area contributed by atoms with E-state index in [1.54, 1.807) is 0 Å². The van der Waals surface area contributed by atoms with E-state index in [0.29, 0.717) is 25.0 Å². The summed E-state index contributed by atoms with van der Waals surface area (Å²) in [6, 6.07) is 10.7. The van der Waals surface area contributed by atoms with Crippen LogP contribution in [0.2, 0.25) is 0 Å². The highest BCUT2D eigenvalue weighted by molar-refractivity contribution is 5.80. The Hall–Kier alpha value is -2.04. The highest BCUT2D eigenvalue weighted by Crippen LogP contribution is 2.36. The van der Waals surface area contributed by atoms with E-state index >= 15 is 0 Å². The van der Waals surface area contributed by atoms with Gasteiger partial charge < -0.3 is 16.0 Å². The van der Waals surface area contributed by atoms with Crippen LogP contribution >= 0.6 is 0 Å². The summed E-state index contributed by atoms with van der Waals surface area (Å²) in [7, 11) is 1.88. The van der Waals surface area contributed by atoms with Crippen LogP contribution in [0.3, 0.4) is 0 Å². The van der Waals surface area contributed by atoms with Crippen molar-refractivity contribution in [3.8, 4) is 0 Å². The van der Waals surface area contributed by atoms with Gasteiger partial charge in [-0.15, -0.1) is 0 Å². The third-order valence-electron chi connectivity index (χ3n) is 5.04. The van der Waals surface area contributed by atoms with Gasteiger partial charge in [0.2, 0.25) is 5.91 Å². The highest BCUT2D eigenvalue weighted by Gasteiger charge is 2.38. The lowest BCUT2D eigenvalue weighted by atomic mass is 9.94. The number of hydrogen-bond donors (Lipinski definition) is 2. The molecule has 2 atom stereocenters. The summed E-state index contributed by atoms with van der Waals surface area (Å²) >= 11 is 0. The molecular weight excluding hydrogens is 288 g/mol. The molecule has 1 heterocycles. The van der Waals surface area contributed by atoms with Gasteiger partial charge in [0, 0.05) is 32.0 Å². The van der Waals surface area contributed by atoms with E-state index in [9.17, 15) is 4.79 Å². The summed E-state index contributed by atoms with van der Waals surface area (Å²) < 4.78 is 0. The van der Waals surface area contributed by atoms with E-state index in [2.05, 4.69) is 22.4 Å². The quantitative estimate of drug-likeness (QED) is 0.660. The lowest BCUT2D eigenvalue weighted by Crippen LogP contribution is -2.39. The van der Waals surface area contributed by atoms with Crippen molar-refractivity contribution < 1.29 is 4.79 Å². The number of benzene rings is 1. The van der Waals surface area contributed by atoms with Gasteiger partial charge in [0.1, 0.15) is 0 Å². The minimum absolute atomic E-state index is 0.0896. The maximum absolute atomic E-state index is 12.1. The third-order valence-corrected chi connectivity index (χ3v) is 5.04. The van der Waals surface area contributed by atoms with Crippen LogP contribution in [-0.4, -0.2) is 36.4 Å². The standard InChI is InChI=1S/C18H26N4O/c1-22-16(23)11-14(17(22)13-7-3-2-4-8-13)12-20-18(19)21-15-9-5-6-10-15/h2-4,7-8,14-15,17H,5-6,9-12H2,1H3,(H3,19,20,21)/t14-,17-/m0/s1. The van der Waals surface area contributed by atoms with Crippen molar-refractivity contribution in [1.29, 1.82) is 0 Å². The predicted octanol–water partition coefficient (Wildman–Crippen LogP) is 2.05. The molecule has 1 saturated heterocycles. The average Bonchev–Trinajstić information content (AvgIpc) is 3.15. The number of rotatable bonds is 4. The Morgan fingerprint density at radius 3 is 2.70 bits per heavy atom. The van der Waals surface area contributed by atoms with Crippen LogP contribution in [0.15, 0.2) is 35.3 Å². The first-order chi connectivity index (χ1) is 11.1. The molecule has 5 nitrogen and oxygen atoms in total. The molecule has 0 unspecified atom stereocenters. The third kappa shape index (κ3) is 3.66. The van der Waals surface area contributed by atoms with Crippen LogP contribution in [0.1, 0.15) is 43.7 Å². The number of nitrogens with two attached hydrogens (primary N) is 1. The van der Waals surface area contributed by atoms with Gasteiger partial charge in [-0.25, -0.2) is 0 Å². The van der Waals surface area contributed by atoms with Crippen molar-refractivity contribution >= 4 is 11.9 Å². The molecule has 1 saturated carbocycles. The van der Waals surface area contributed by atoms with Gasteiger partial charge in [0.25, 0.3) is 0 Å². The molecule has 0 aromatic heterocycles. The lowest BCUT2D eigenvalue weighted by molar-refractivity contribution is -0.127. The molecule has 23 heavy (non-hydrogen) atoms. The molecule has 5 heteroatoms. The molecule has 2 fully saturated rings. The number of guanidine groups is 1. The van der Waals surface area contributed by atoms with Crippen molar-refractivity contribution in [3.63, 3.8) is 0 Å². The number of nitrogens with zero attached hydrogens (tertiary/aromatic N) is 2. The van der Waals surface area contributed by atoms with Crippen molar-refractivity contribution in [3.05, 3.63) is 35.9 Å². The fraction of sp³-hybridized carbons (Fsp3) is 0.556. The fourth-order valence-corrected chi connectivity index (χ4v) is 3.80. The van der Waals surface area contributed by atoms with Gasteiger partial charge in [-0.3, -0.25) is 9.79 Å². The summed E-state index contributed by atoms with van der Waals surface area (Å²) in [5, 5.41) is 3.31. The van der Waals surface area contributed by atoms with Crippen LogP contribution in [0.5, 0.6) is 0 Å². The average molecular weight is 314 g/mol. The molecule has 0 bridgehead atoms. The molecule has 0 radical (unpaired) electrons. The zero-order chi connectivity index (χ0) is 16.2. The van der Waals surface area contributed by atoms with E-state index in [1.165, 1.54) is 31.2 Å². The maximum Gasteiger partial charge on any atom is 0.223 e. The Bertz CT molecular complexity index is 566. The molecule has 3 N–H and O–H groups in total. The van der Waals surface area contributed by atoms with E-state index in [0.717, 1.165) is 0 Å². The van der Waals surface area contributed by atoms with E-state index in [-0.39, 0.29) is 17.9 Å². The Labute approximate surface area is 138 Å². The number of amides is 1. The van der Waals surface area contributed by atoms with Crippen LogP contribution < -0.4 is 11.1 Å². The Balaban J connectivity index is 1.66. The molecule has 1 aliphatic carbocycles. The first kappa shape index (κ1) is 15.8. The first-order valence-corrected chi connectivity index (χ1v) is 8.52. The zero-order valence-electron chi connectivity index (χ0n) is 13.7. The first-order valence-electron chi connectivity index (χ1n) is 8.52. The maximum atomic E-state index is 12.1. The van der Waals surface area contributed by atoms with Gasteiger partial charge in [0.15, 0.2) is 5.96 Å². The summed E-state index contributed by atoms with van der Waals surface area (Å²) in [4.78, 5) is 18.5. The van der Waals surface area contributed by atoms with E-state index < -0.39 is 0 Å². The molecular formula is C18H26N4O. The molecule has 2 aliphatic rings. The zero-order valence-corrected chi connectivity index (χ0v) is 13.7. The number of aliphatic imine (C=N–C) groups is 1. The number of hydrogen-bond acceptors (Lipinski definition) is 2. The van der Waals surface area contributed by atoms with E-state index in [4.69, 9.17) is 5.73 Å². The van der Waals surface area contributed by atoms with Crippen molar-refractivity contribution in [2.45, 2.75) is 44.2 Å². The monoisotopic (exact) mass is 314 g/mol. The topological polar surface area (TPSA) is 70.7 Å². The second-order valence-electron chi connectivity index (χ2n) is 6.68. The van der Waals surface area contributed by atoms with Crippen LogP contribution in [0.4, 0.5) is 0 Å². The van der Waals surface area contributed by atoms with Gasteiger partial charge in [-0.1, -0.05) is 43.2 Å². The Morgan fingerprint density at radius 1 is 1.30 bits per heavy atom. The smallest absolute Gasteiger partial charge is 0.223 e. The summed E-state index contributed by atoms with van der Waals surface area (Å²) in [5.41, 5.74) is 7.20. The fourth-order valence-electron chi connectivity index (χ4n) is 3.80. The van der Waals surface area contributed by atoms with Gasteiger partial charge in [-0.05, 0) is 18.4 Å².